The molecule has 4 heteroatoms. The molecular formula is C16H17NO2S. The maximum absolute atomic E-state index is 11.5. The minimum atomic E-state index is -0.825. The molecule has 1 aliphatic rings. The normalized spacial score (nSPS) is 16.0. The highest BCUT2D eigenvalue weighted by atomic mass is 32.1. The Kier molecular flexibility index (Phi) is 3.85. The smallest absolute Gasteiger partial charge is 0.325 e. The summed E-state index contributed by atoms with van der Waals surface area (Å²) < 4.78 is 0. The third kappa shape index (κ3) is 3.08. The quantitative estimate of drug-likeness (QED) is 0.854. The predicted octanol–water partition coefficient (Wildman–Crippen LogP) is 3.54. The van der Waals surface area contributed by atoms with Gasteiger partial charge >= 0.3 is 5.97 Å². The van der Waals surface area contributed by atoms with Crippen LogP contribution in [0.5, 0.6) is 0 Å². The Hall–Kier alpha value is -1.65. The van der Waals surface area contributed by atoms with Gasteiger partial charge in [-0.05, 0) is 41.3 Å². The lowest BCUT2D eigenvalue weighted by Gasteiger charge is -2.15. The number of hydrogen-bond donors (Lipinski definition) is 2. The van der Waals surface area contributed by atoms with Crippen LogP contribution in [0.3, 0.4) is 0 Å². The molecule has 104 valence electrons. The Morgan fingerprint density at radius 2 is 2.20 bits per heavy atom. The molecule has 0 saturated heterocycles. The number of carbonyl (C=O) groups is 1. The molecule has 0 spiro atoms. The van der Waals surface area contributed by atoms with E-state index in [0.717, 1.165) is 10.4 Å². The molecule has 0 radical (unpaired) electrons. The lowest BCUT2D eigenvalue weighted by Crippen LogP contribution is -2.27. The van der Waals surface area contributed by atoms with Crippen LogP contribution in [0.15, 0.2) is 41.8 Å². The first-order valence-electron chi connectivity index (χ1n) is 6.82. The first-order valence-corrected chi connectivity index (χ1v) is 7.70. The molecule has 3 nitrogen and oxygen atoms in total. The molecule has 20 heavy (non-hydrogen) atoms. The highest BCUT2D eigenvalue weighted by Gasteiger charge is 2.25. The standard InChI is InChI=1S/C16H17NO2S/c18-16(19)15(17-10-14-5-2-8-20-14)13-4-1-3-12(9-13)11-6-7-11/h1-5,8-9,11,15,17H,6-7,10H2,(H,18,19). The lowest BCUT2D eigenvalue weighted by molar-refractivity contribution is -0.139. The largest absolute Gasteiger partial charge is 0.480 e. The molecule has 1 saturated carbocycles. The van der Waals surface area contributed by atoms with Crippen LogP contribution in [0.4, 0.5) is 0 Å². The van der Waals surface area contributed by atoms with Gasteiger partial charge in [-0.1, -0.05) is 30.3 Å². The van der Waals surface area contributed by atoms with Crippen molar-refractivity contribution in [2.75, 3.05) is 0 Å². The number of aliphatic carboxylic acids is 1. The molecular weight excluding hydrogens is 270 g/mol. The number of nitrogens with one attached hydrogen (secondary N) is 1. The van der Waals surface area contributed by atoms with E-state index in [1.807, 2.05) is 35.7 Å². The molecule has 1 aliphatic carbocycles. The SMILES string of the molecule is O=C(O)C(NCc1cccs1)c1cccc(C2CC2)c1. The maximum atomic E-state index is 11.5. The molecule has 1 aromatic heterocycles. The van der Waals surface area contributed by atoms with E-state index in [1.54, 1.807) is 11.3 Å². The summed E-state index contributed by atoms with van der Waals surface area (Å²) in [4.78, 5) is 12.6. The van der Waals surface area contributed by atoms with Gasteiger partial charge in [0.1, 0.15) is 6.04 Å². The second-order valence-corrected chi connectivity index (χ2v) is 6.21. The van der Waals surface area contributed by atoms with Crippen molar-refractivity contribution in [2.45, 2.75) is 31.3 Å². The second kappa shape index (κ2) is 5.77. The summed E-state index contributed by atoms with van der Waals surface area (Å²) in [5.41, 5.74) is 2.12. The fourth-order valence-corrected chi connectivity index (χ4v) is 3.03. The highest BCUT2D eigenvalue weighted by Crippen LogP contribution is 2.40. The molecule has 2 aromatic rings. The van der Waals surface area contributed by atoms with Crippen molar-refractivity contribution in [1.82, 2.24) is 5.32 Å². The summed E-state index contributed by atoms with van der Waals surface area (Å²) in [7, 11) is 0. The van der Waals surface area contributed by atoms with Crippen molar-refractivity contribution in [3.63, 3.8) is 0 Å². The van der Waals surface area contributed by atoms with Gasteiger partial charge in [-0.3, -0.25) is 10.1 Å². The minimum absolute atomic E-state index is 0.586. The fraction of sp³-hybridized carbons (Fsp3) is 0.312. The zero-order chi connectivity index (χ0) is 13.9. The van der Waals surface area contributed by atoms with Crippen LogP contribution in [0.1, 0.15) is 40.8 Å². The number of rotatable bonds is 6. The third-order valence-electron chi connectivity index (χ3n) is 3.60. The molecule has 0 bridgehead atoms. The molecule has 0 amide bonds. The van der Waals surface area contributed by atoms with Gasteiger partial charge in [0, 0.05) is 11.4 Å². The van der Waals surface area contributed by atoms with Crippen LogP contribution < -0.4 is 5.32 Å². The van der Waals surface area contributed by atoms with Crippen LogP contribution in [-0.2, 0) is 11.3 Å². The Balaban J connectivity index is 1.75. The van der Waals surface area contributed by atoms with Gasteiger partial charge in [-0.2, -0.15) is 0 Å². The van der Waals surface area contributed by atoms with Gasteiger partial charge in [-0.15, -0.1) is 11.3 Å². The van der Waals surface area contributed by atoms with Crippen molar-refractivity contribution in [3.05, 3.63) is 57.8 Å². The molecule has 1 fully saturated rings. The summed E-state index contributed by atoms with van der Waals surface area (Å²) in [6.07, 6.45) is 2.45. The van der Waals surface area contributed by atoms with E-state index >= 15 is 0 Å². The average molecular weight is 287 g/mol. The van der Waals surface area contributed by atoms with E-state index in [4.69, 9.17) is 0 Å². The summed E-state index contributed by atoms with van der Waals surface area (Å²) in [6, 6.07) is 11.3. The zero-order valence-corrected chi connectivity index (χ0v) is 11.9. The van der Waals surface area contributed by atoms with Crippen molar-refractivity contribution < 1.29 is 9.90 Å². The van der Waals surface area contributed by atoms with E-state index in [9.17, 15) is 9.90 Å². The molecule has 1 heterocycles. The predicted molar refractivity (Wildman–Crippen MR) is 80.0 cm³/mol. The monoisotopic (exact) mass is 287 g/mol. The highest BCUT2D eigenvalue weighted by molar-refractivity contribution is 7.09. The van der Waals surface area contributed by atoms with E-state index in [2.05, 4.69) is 11.4 Å². The van der Waals surface area contributed by atoms with Gasteiger partial charge in [0.15, 0.2) is 0 Å². The van der Waals surface area contributed by atoms with Crippen LogP contribution in [0, 0.1) is 0 Å². The fourth-order valence-electron chi connectivity index (χ4n) is 2.37. The Morgan fingerprint density at radius 3 is 2.85 bits per heavy atom. The van der Waals surface area contributed by atoms with Gasteiger partial charge in [0.05, 0.1) is 0 Å². The zero-order valence-electron chi connectivity index (χ0n) is 11.1. The number of benzene rings is 1. The number of thiophene rings is 1. The maximum Gasteiger partial charge on any atom is 0.325 e. The molecule has 1 unspecified atom stereocenters. The molecule has 0 aliphatic heterocycles. The van der Waals surface area contributed by atoms with Crippen LogP contribution in [-0.4, -0.2) is 11.1 Å². The van der Waals surface area contributed by atoms with E-state index in [-0.39, 0.29) is 0 Å². The van der Waals surface area contributed by atoms with Gasteiger partial charge in [-0.25, -0.2) is 0 Å². The van der Waals surface area contributed by atoms with Gasteiger partial charge in [0.2, 0.25) is 0 Å². The number of hydrogen-bond acceptors (Lipinski definition) is 3. The average Bonchev–Trinajstić information content (AvgIpc) is 3.17. The summed E-state index contributed by atoms with van der Waals surface area (Å²) >= 11 is 1.63. The van der Waals surface area contributed by atoms with Crippen LogP contribution in [0.2, 0.25) is 0 Å². The molecule has 3 rings (SSSR count). The molecule has 2 N–H and O–H groups in total. The third-order valence-corrected chi connectivity index (χ3v) is 4.48. The van der Waals surface area contributed by atoms with Crippen molar-refractivity contribution in [1.29, 1.82) is 0 Å². The summed E-state index contributed by atoms with van der Waals surface area (Å²) in [5.74, 6) is -0.184. The number of carboxylic acid groups (broad SMARTS) is 1. The second-order valence-electron chi connectivity index (χ2n) is 5.18. The molecule has 1 aromatic carbocycles. The van der Waals surface area contributed by atoms with Crippen LogP contribution >= 0.6 is 11.3 Å². The number of carboxylic acids is 1. The lowest BCUT2D eigenvalue weighted by atomic mass is 10.0. The van der Waals surface area contributed by atoms with Gasteiger partial charge < -0.3 is 5.11 Å². The first-order chi connectivity index (χ1) is 9.74. The van der Waals surface area contributed by atoms with Crippen molar-refractivity contribution in [3.8, 4) is 0 Å². The van der Waals surface area contributed by atoms with Crippen molar-refractivity contribution in [2.24, 2.45) is 0 Å². The Morgan fingerprint density at radius 1 is 1.35 bits per heavy atom. The van der Waals surface area contributed by atoms with Crippen LogP contribution in [0.25, 0.3) is 0 Å². The Labute approximate surface area is 122 Å². The minimum Gasteiger partial charge on any atom is -0.480 e. The van der Waals surface area contributed by atoms with Crippen molar-refractivity contribution >= 4 is 17.3 Å². The molecule has 1 atom stereocenters. The van der Waals surface area contributed by atoms with Gasteiger partial charge in [0.25, 0.3) is 0 Å². The topological polar surface area (TPSA) is 49.3 Å². The summed E-state index contributed by atoms with van der Waals surface area (Å²) in [5, 5.41) is 14.6. The first kappa shape index (κ1) is 13.3. The van der Waals surface area contributed by atoms with E-state index in [1.165, 1.54) is 18.4 Å². The summed E-state index contributed by atoms with van der Waals surface area (Å²) in [6.45, 7) is 0.586. The van der Waals surface area contributed by atoms with E-state index in [0.29, 0.717) is 12.5 Å². The Bertz CT molecular complexity index is 590. The van der Waals surface area contributed by atoms with E-state index < -0.39 is 12.0 Å².